The lowest BCUT2D eigenvalue weighted by atomic mass is 10.2. The number of nitrogens with one attached hydrogen (secondary N) is 1. The molecule has 27 heavy (non-hydrogen) atoms. The third-order valence-electron chi connectivity index (χ3n) is 3.77. The third kappa shape index (κ3) is 4.75. The number of carbonyl (C=O) groups is 2. The predicted octanol–water partition coefficient (Wildman–Crippen LogP) is 1.40. The van der Waals surface area contributed by atoms with Crippen molar-refractivity contribution in [3.63, 3.8) is 0 Å². The zero-order valence-electron chi connectivity index (χ0n) is 14.2. The molecule has 2 aromatic carbocycles. The van der Waals surface area contributed by atoms with E-state index in [4.69, 9.17) is 4.74 Å². The number of aromatic nitrogens is 2. The van der Waals surface area contributed by atoms with Crippen molar-refractivity contribution in [2.45, 2.75) is 13.2 Å². The minimum atomic E-state index is -0.599. The lowest BCUT2D eigenvalue weighted by molar-refractivity contribution is -0.145. The number of nitrogens with zero attached hydrogens (tertiary/aromatic N) is 2. The number of amides is 1. The van der Waals surface area contributed by atoms with Crippen LogP contribution in [0.1, 0.15) is 5.56 Å². The lowest BCUT2D eigenvalue weighted by Crippen LogP contribution is -2.35. The van der Waals surface area contributed by atoms with Gasteiger partial charge in [0.25, 0.3) is 5.56 Å². The van der Waals surface area contributed by atoms with Crippen LogP contribution < -0.4 is 10.9 Å². The van der Waals surface area contributed by atoms with Crippen LogP contribution in [0.15, 0.2) is 59.7 Å². The zero-order chi connectivity index (χ0) is 19.2. The van der Waals surface area contributed by atoms with E-state index >= 15 is 0 Å². The van der Waals surface area contributed by atoms with Crippen molar-refractivity contribution >= 4 is 22.8 Å². The fourth-order valence-corrected chi connectivity index (χ4v) is 2.41. The van der Waals surface area contributed by atoms with Crippen LogP contribution in [0.5, 0.6) is 0 Å². The van der Waals surface area contributed by atoms with Crippen LogP contribution in [0.25, 0.3) is 10.9 Å². The smallest absolute Gasteiger partial charge is 0.325 e. The summed E-state index contributed by atoms with van der Waals surface area (Å²) in [5.41, 5.74) is 0.627. The molecular weight excluding hydrogens is 353 g/mol. The summed E-state index contributed by atoms with van der Waals surface area (Å²) in [7, 11) is 0. The quantitative estimate of drug-likeness (QED) is 0.663. The summed E-state index contributed by atoms with van der Waals surface area (Å²) < 4.78 is 19.4. The van der Waals surface area contributed by atoms with E-state index in [1.807, 2.05) is 30.3 Å². The number of hydrogen-bond donors (Lipinski definition) is 1. The average Bonchev–Trinajstić information content (AvgIpc) is 2.68. The Morgan fingerprint density at radius 3 is 2.70 bits per heavy atom. The Labute approximate surface area is 153 Å². The first-order valence-electron chi connectivity index (χ1n) is 8.14. The number of hydrogen-bond acceptors (Lipinski definition) is 5. The van der Waals surface area contributed by atoms with Gasteiger partial charge in [0.2, 0.25) is 5.91 Å². The van der Waals surface area contributed by atoms with Gasteiger partial charge < -0.3 is 10.1 Å². The Morgan fingerprint density at radius 2 is 1.93 bits per heavy atom. The molecule has 1 heterocycles. The van der Waals surface area contributed by atoms with Crippen molar-refractivity contribution in [2.75, 3.05) is 6.54 Å². The summed E-state index contributed by atoms with van der Waals surface area (Å²) >= 11 is 0. The lowest BCUT2D eigenvalue weighted by Gasteiger charge is -2.08. The Hall–Kier alpha value is -3.55. The molecule has 0 saturated heterocycles. The second-order valence-corrected chi connectivity index (χ2v) is 5.76. The first-order valence-corrected chi connectivity index (χ1v) is 8.14. The van der Waals surface area contributed by atoms with Gasteiger partial charge in [-0.15, -0.1) is 0 Å². The molecule has 0 spiro atoms. The molecule has 0 unspecified atom stereocenters. The topological polar surface area (TPSA) is 90.3 Å². The van der Waals surface area contributed by atoms with E-state index in [0.717, 1.165) is 16.2 Å². The highest BCUT2D eigenvalue weighted by molar-refractivity contribution is 5.82. The maximum atomic E-state index is 13.3. The molecule has 0 aliphatic carbocycles. The van der Waals surface area contributed by atoms with Gasteiger partial charge in [0.05, 0.1) is 17.2 Å². The predicted molar refractivity (Wildman–Crippen MR) is 95.2 cm³/mol. The zero-order valence-corrected chi connectivity index (χ0v) is 14.2. The van der Waals surface area contributed by atoms with Gasteiger partial charge in [-0.2, -0.15) is 0 Å². The van der Waals surface area contributed by atoms with Crippen LogP contribution >= 0.6 is 0 Å². The number of carbonyl (C=O) groups excluding carboxylic acids is 2. The van der Waals surface area contributed by atoms with Crippen LogP contribution in [0.3, 0.4) is 0 Å². The van der Waals surface area contributed by atoms with Gasteiger partial charge in [-0.05, 0) is 23.8 Å². The molecule has 0 atom stereocenters. The molecule has 3 aromatic rings. The summed E-state index contributed by atoms with van der Waals surface area (Å²) in [4.78, 5) is 40.0. The molecule has 0 aliphatic rings. The van der Waals surface area contributed by atoms with Crippen LogP contribution in [-0.2, 0) is 27.5 Å². The first-order chi connectivity index (χ1) is 13.0. The molecule has 0 fully saturated rings. The van der Waals surface area contributed by atoms with Gasteiger partial charge in [0, 0.05) is 0 Å². The van der Waals surface area contributed by atoms with Crippen molar-refractivity contribution in [1.29, 1.82) is 0 Å². The van der Waals surface area contributed by atoms with Gasteiger partial charge in [0.1, 0.15) is 25.5 Å². The maximum absolute atomic E-state index is 13.3. The molecular formula is C19H16FN3O4. The number of benzene rings is 2. The monoisotopic (exact) mass is 369 g/mol. The molecule has 7 nitrogen and oxygen atoms in total. The number of ether oxygens (including phenoxy) is 1. The van der Waals surface area contributed by atoms with Gasteiger partial charge in [-0.25, -0.2) is 9.37 Å². The Balaban J connectivity index is 1.55. The highest BCUT2D eigenvalue weighted by Crippen LogP contribution is 2.08. The molecule has 3 rings (SSSR count). The Kier molecular flexibility index (Phi) is 5.55. The molecule has 0 bridgehead atoms. The van der Waals surface area contributed by atoms with Crippen molar-refractivity contribution < 1.29 is 18.7 Å². The summed E-state index contributed by atoms with van der Waals surface area (Å²) in [6, 6.07) is 12.8. The molecule has 138 valence electrons. The van der Waals surface area contributed by atoms with E-state index < -0.39 is 23.3 Å². The highest BCUT2D eigenvalue weighted by atomic mass is 19.1. The molecule has 0 radical (unpaired) electrons. The van der Waals surface area contributed by atoms with Crippen LogP contribution in [0, 0.1) is 5.82 Å². The minimum Gasteiger partial charge on any atom is -0.460 e. The molecule has 1 amide bonds. The van der Waals surface area contributed by atoms with Crippen molar-refractivity contribution in [1.82, 2.24) is 14.9 Å². The number of esters is 1. The summed E-state index contributed by atoms with van der Waals surface area (Å²) in [6.07, 6.45) is 1.20. The number of fused-ring (bicyclic) bond motifs is 1. The average molecular weight is 369 g/mol. The van der Waals surface area contributed by atoms with Gasteiger partial charge >= 0.3 is 5.97 Å². The molecule has 1 N–H and O–H groups in total. The molecule has 0 aliphatic heterocycles. The Morgan fingerprint density at radius 1 is 1.15 bits per heavy atom. The first kappa shape index (κ1) is 18.2. The SMILES string of the molecule is O=C(Cn1cnc2ccc(F)cc2c1=O)NCC(=O)OCc1ccccc1. The second-order valence-electron chi connectivity index (χ2n) is 5.76. The number of halogens is 1. The summed E-state index contributed by atoms with van der Waals surface area (Å²) in [5, 5.41) is 2.46. The van der Waals surface area contributed by atoms with Crippen molar-refractivity contribution in [2.24, 2.45) is 0 Å². The highest BCUT2D eigenvalue weighted by Gasteiger charge is 2.11. The van der Waals surface area contributed by atoms with Crippen LogP contribution in [0.4, 0.5) is 4.39 Å². The summed E-state index contributed by atoms with van der Waals surface area (Å²) in [6.45, 7) is -0.560. The largest absolute Gasteiger partial charge is 0.460 e. The van der Waals surface area contributed by atoms with Crippen molar-refractivity contribution in [3.05, 3.63) is 76.6 Å². The van der Waals surface area contributed by atoms with E-state index in [0.29, 0.717) is 5.52 Å². The summed E-state index contributed by atoms with van der Waals surface area (Å²) in [5.74, 6) is -1.73. The van der Waals surface area contributed by atoms with E-state index in [2.05, 4.69) is 10.3 Å². The maximum Gasteiger partial charge on any atom is 0.325 e. The van der Waals surface area contributed by atoms with Gasteiger partial charge in [0.15, 0.2) is 0 Å². The molecule has 8 heteroatoms. The Bertz CT molecular complexity index is 1030. The van der Waals surface area contributed by atoms with Crippen LogP contribution in [0.2, 0.25) is 0 Å². The number of rotatable bonds is 6. The fourth-order valence-electron chi connectivity index (χ4n) is 2.41. The molecule has 1 aromatic heterocycles. The van der Waals surface area contributed by atoms with E-state index in [1.165, 1.54) is 18.5 Å². The van der Waals surface area contributed by atoms with E-state index in [-0.39, 0.29) is 25.1 Å². The minimum absolute atomic E-state index is 0.0765. The third-order valence-corrected chi connectivity index (χ3v) is 3.77. The van der Waals surface area contributed by atoms with Crippen LogP contribution in [-0.4, -0.2) is 28.0 Å². The van der Waals surface area contributed by atoms with E-state index in [1.54, 1.807) is 0 Å². The standard InChI is InChI=1S/C19H16FN3O4/c20-14-6-7-16-15(8-14)19(26)23(12-22-16)10-17(24)21-9-18(25)27-11-13-4-2-1-3-5-13/h1-8,12H,9-11H2,(H,21,24). The van der Waals surface area contributed by atoms with Gasteiger partial charge in [-0.3, -0.25) is 19.0 Å². The normalized spacial score (nSPS) is 10.6. The van der Waals surface area contributed by atoms with E-state index in [9.17, 15) is 18.8 Å². The fraction of sp³-hybridized carbons (Fsp3) is 0.158. The van der Waals surface area contributed by atoms with Crippen molar-refractivity contribution in [3.8, 4) is 0 Å². The molecule has 0 saturated carbocycles. The second kappa shape index (κ2) is 8.22. The van der Waals surface area contributed by atoms with Gasteiger partial charge in [-0.1, -0.05) is 30.3 Å².